The summed E-state index contributed by atoms with van der Waals surface area (Å²) in [6.45, 7) is 6.35. The van der Waals surface area contributed by atoms with Gasteiger partial charge < -0.3 is 0 Å². The van der Waals surface area contributed by atoms with Crippen LogP contribution in [0.3, 0.4) is 0 Å². The van der Waals surface area contributed by atoms with Gasteiger partial charge in [-0.2, -0.15) is 0 Å². The van der Waals surface area contributed by atoms with E-state index in [0.29, 0.717) is 5.56 Å². The summed E-state index contributed by atoms with van der Waals surface area (Å²) in [5, 5.41) is -0.0283. The second kappa shape index (κ2) is 9.40. The van der Waals surface area contributed by atoms with E-state index in [9.17, 15) is 9.59 Å². The zero-order chi connectivity index (χ0) is 17.4. The number of hydrogen-bond acceptors (Lipinski definition) is 4. The number of hydrogen-bond donors (Lipinski definition) is 0. The topological polar surface area (TPSA) is 37.4 Å². The molecule has 0 unspecified atom stereocenters. The van der Waals surface area contributed by atoms with Crippen LogP contribution < -0.4 is 0 Å². The maximum atomic E-state index is 12.0. The first-order chi connectivity index (χ1) is 11.6. The molecule has 0 bridgehead atoms. The quantitative estimate of drug-likeness (QED) is 0.675. The largest absolute Gasteiger partial charge is 0.295 e. The number of carbonyl (C=O) groups excluding carboxylic acids is 2. The van der Waals surface area contributed by atoms with Crippen LogP contribution in [-0.2, 0) is 17.9 Å². The number of carbonyl (C=O) groups is 2. The minimum absolute atomic E-state index is 0.00150. The van der Waals surface area contributed by atoms with Crippen LogP contribution in [0.15, 0.2) is 54.6 Å². The van der Waals surface area contributed by atoms with Gasteiger partial charge in [0.1, 0.15) is 0 Å². The van der Waals surface area contributed by atoms with Crippen LogP contribution in [0.5, 0.6) is 0 Å². The molecule has 0 saturated heterocycles. The zero-order valence-electron chi connectivity index (χ0n) is 14.2. The third-order valence-corrected chi connectivity index (χ3v) is 4.60. The first-order valence-corrected chi connectivity index (χ1v) is 9.09. The number of nitrogens with zero attached hydrogens (tertiary/aromatic N) is 1. The molecule has 0 spiro atoms. The molecule has 0 aliphatic rings. The van der Waals surface area contributed by atoms with Crippen LogP contribution in [0.4, 0.5) is 0 Å². The average molecular weight is 341 g/mol. The molecule has 2 aromatic carbocycles. The number of Topliss-reactive ketones (excluding diaryl/α,β-unsaturated/α-hetero) is 1. The number of thioether (sulfide) groups is 1. The normalized spacial score (nSPS) is 10.8. The summed E-state index contributed by atoms with van der Waals surface area (Å²) in [5.74, 6) is 0.211. The minimum Gasteiger partial charge on any atom is -0.295 e. The van der Waals surface area contributed by atoms with Crippen LogP contribution in [-0.4, -0.2) is 28.1 Å². The van der Waals surface area contributed by atoms with Crippen molar-refractivity contribution in [3.63, 3.8) is 0 Å². The summed E-state index contributed by atoms with van der Waals surface area (Å²) in [6, 6.07) is 18.1. The van der Waals surface area contributed by atoms with Crippen molar-refractivity contribution in [2.24, 2.45) is 0 Å². The Morgan fingerprint density at radius 1 is 0.917 bits per heavy atom. The highest BCUT2D eigenvalue weighted by molar-refractivity contribution is 8.14. The summed E-state index contributed by atoms with van der Waals surface area (Å²) in [7, 11) is 0. The predicted molar refractivity (Wildman–Crippen MR) is 100 cm³/mol. The summed E-state index contributed by atoms with van der Waals surface area (Å²) in [6.07, 6.45) is 0. The second-order valence-corrected chi connectivity index (χ2v) is 6.84. The van der Waals surface area contributed by atoms with Crippen LogP contribution in [0.1, 0.15) is 35.3 Å². The van der Waals surface area contributed by atoms with Gasteiger partial charge in [-0.1, -0.05) is 73.3 Å². The van der Waals surface area contributed by atoms with E-state index in [4.69, 9.17) is 0 Å². The van der Waals surface area contributed by atoms with E-state index in [-0.39, 0.29) is 16.7 Å². The second-order valence-electron chi connectivity index (χ2n) is 5.69. The molecule has 3 nitrogen and oxygen atoms in total. The van der Waals surface area contributed by atoms with Crippen molar-refractivity contribution < 1.29 is 9.59 Å². The lowest BCUT2D eigenvalue weighted by Crippen LogP contribution is -2.22. The maximum absolute atomic E-state index is 12.0. The molecule has 0 aliphatic heterocycles. The van der Waals surface area contributed by atoms with Gasteiger partial charge in [0.25, 0.3) is 0 Å². The molecule has 2 rings (SSSR count). The van der Waals surface area contributed by atoms with Gasteiger partial charge in [-0.05, 0) is 17.7 Å². The molecular formula is C20H23NO2S. The fourth-order valence-corrected chi connectivity index (χ4v) is 2.93. The molecule has 0 amide bonds. The smallest absolute Gasteiger partial charge is 0.186 e. The summed E-state index contributed by atoms with van der Waals surface area (Å²) < 4.78 is 0. The SMILES string of the molecule is CCN(Cc1ccccc1)Cc1ccc(C(=O)CSC(C)=O)cc1. The highest BCUT2D eigenvalue weighted by Gasteiger charge is 2.09. The fourth-order valence-electron chi connectivity index (χ4n) is 2.43. The monoisotopic (exact) mass is 341 g/mol. The average Bonchev–Trinajstić information content (AvgIpc) is 2.60. The van der Waals surface area contributed by atoms with Gasteiger partial charge >= 0.3 is 0 Å². The van der Waals surface area contributed by atoms with E-state index in [0.717, 1.165) is 31.4 Å². The van der Waals surface area contributed by atoms with E-state index in [1.165, 1.54) is 18.1 Å². The van der Waals surface area contributed by atoms with Crippen molar-refractivity contribution in [2.45, 2.75) is 26.9 Å². The third kappa shape index (κ3) is 5.95. The Morgan fingerprint density at radius 2 is 1.50 bits per heavy atom. The standard InChI is InChI=1S/C20H23NO2S/c1-3-21(13-17-7-5-4-6-8-17)14-18-9-11-19(12-10-18)20(23)15-24-16(2)22/h4-12H,3,13-15H2,1-2H3. The molecule has 126 valence electrons. The van der Waals surface area contributed by atoms with Gasteiger partial charge in [0, 0.05) is 25.6 Å². The van der Waals surface area contributed by atoms with E-state index in [1.54, 1.807) is 0 Å². The Kier molecular flexibility index (Phi) is 7.22. The predicted octanol–water partition coefficient (Wildman–Crippen LogP) is 4.17. The molecular weight excluding hydrogens is 318 g/mol. The molecule has 0 heterocycles. The van der Waals surface area contributed by atoms with Gasteiger partial charge in [-0.3, -0.25) is 14.5 Å². The molecule has 4 heteroatoms. The van der Waals surface area contributed by atoms with Crippen molar-refractivity contribution in [1.82, 2.24) is 4.90 Å². The van der Waals surface area contributed by atoms with Crippen molar-refractivity contribution in [3.05, 3.63) is 71.3 Å². The Morgan fingerprint density at radius 3 is 2.04 bits per heavy atom. The Balaban J connectivity index is 1.94. The number of rotatable bonds is 8. The van der Waals surface area contributed by atoms with E-state index < -0.39 is 0 Å². The highest BCUT2D eigenvalue weighted by Crippen LogP contribution is 2.13. The fraction of sp³-hybridized carbons (Fsp3) is 0.300. The van der Waals surface area contributed by atoms with E-state index in [1.807, 2.05) is 30.3 Å². The van der Waals surface area contributed by atoms with Crippen molar-refractivity contribution in [3.8, 4) is 0 Å². The van der Waals surface area contributed by atoms with Gasteiger partial charge in [0.2, 0.25) is 0 Å². The molecule has 0 saturated carbocycles. The lowest BCUT2D eigenvalue weighted by molar-refractivity contribution is -0.109. The van der Waals surface area contributed by atoms with Gasteiger partial charge in [0.15, 0.2) is 10.9 Å². The van der Waals surface area contributed by atoms with E-state index in [2.05, 4.69) is 36.1 Å². The minimum atomic E-state index is -0.0283. The molecule has 0 fully saturated rings. The van der Waals surface area contributed by atoms with Crippen molar-refractivity contribution in [1.29, 1.82) is 0 Å². The van der Waals surface area contributed by atoms with Gasteiger partial charge in [-0.25, -0.2) is 0 Å². The Hall–Kier alpha value is -1.91. The zero-order valence-corrected chi connectivity index (χ0v) is 15.0. The van der Waals surface area contributed by atoms with E-state index >= 15 is 0 Å². The lowest BCUT2D eigenvalue weighted by Gasteiger charge is -2.20. The Labute approximate surface area is 148 Å². The van der Waals surface area contributed by atoms with Crippen molar-refractivity contribution >= 4 is 22.7 Å². The van der Waals surface area contributed by atoms with Crippen LogP contribution in [0.2, 0.25) is 0 Å². The number of ketones is 1. The summed E-state index contributed by atoms with van der Waals surface area (Å²) in [4.78, 5) is 25.3. The Bertz CT molecular complexity index is 668. The molecule has 24 heavy (non-hydrogen) atoms. The summed E-state index contributed by atoms with van der Waals surface area (Å²) >= 11 is 1.06. The van der Waals surface area contributed by atoms with Gasteiger partial charge in [0.05, 0.1) is 5.75 Å². The first-order valence-electron chi connectivity index (χ1n) is 8.10. The van der Waals surface area contributed by atoms with Crippen molar-refractivity contribution in [2.75, 3.05) is 12.3 Å². The maximum Gasteiger partial charge on any atom is 0.186 e. The summed E-state index contributed by atoms with van der Waals surface area (Å²) in [5.41, 5.74) is 3.15. The molecule has 0 atom stereocenters. The molecule has 0 radical (unpaired) electrons. The van der Waals surface area contributed by atoms with Crippen LogP contribution >= 0.6 is 11.8 Å². The first kappa shape index (κ1) is 18.4. The molecule has 0 N–H and O–H groups in total. The third-order valence-electron chi connectivity index (χ3n) is 3.78. The van der Waals surface area contributed by atoms with Gasteiger partial charge in [-0.15, -0.1) is 0 Å². The van der Waals surface area contributed by atoms with Crippen LogP contribution in [0, 0.1) is 0 Å². The molecule has 0 aromatic heterocycles. The lowest BCUT2D eigenvalue weighted by atomic mass is 10.1. The molecule has 2 aromatic rings. The highest BCUT2D eigenvalue weighted by atomic mass is 32.2. The van der Waals surface area contributed by atoms with Crippen LogP contribution in [0.25, 0.3) is 0 Å². The molecule has 0 aliphatic carbocycles. The number of benzene rings is 2.